The molecule has 0 unspecified atom stereocenters. The minimum Gasteiger partial charge on any atom is -0.318 e. The molecule has 1 heterocycles. The first kappa shape index (κ1) is 21.4. The molecule has 0 bridgehead atoms. The van der Waals surface area contributed by atoms with Crippen LogP contribution in [0.15, 0.2) is 60.7 Å². The van der Waals surface area contributed by atoms with Crippen LogP contribution >= 0.6 is 34.8 Å². The van der Waals surface area contributed by atoms with E-state index in [0.29, 0.717) is 26.6 Å². The molecule has 1 aromatic heterocycles. The van der Waals surface area contributed by atoms with Gasteiger partial charge in [-0.2, -0.15) is 0 Å². The van der Waals surface area contributed by atoms with E-state index in [-0.39, 0.29) is 5.82 Å². The van der Waals surface area contributed by atoms with Gasteiger partial charge in [0.2, 0.25) is 5.82 Å². The molecule has 3 aromatic carbocycles. The van der Waals surface area contributed by atoms with Gasteiger partial charge in [0.25, 0.3) is 5.91 Å². The first-order valence-electron chi connectivity index (χ1n) is 9.39. The fourth-order valence-electron chi connectivity index (χ4n) is 3.11. The Bertz CT molecular complexity index is 1300. The third kappa shape index (κ3) is 4.59. The lowest BCUT2D eigenvalue weighted by atomic mass is 10.1. The van der Waals surface area contributed by atoms with Crippen molar-refractivity contribution in [3.8, 4) is 17.1 Å². The lowest BCUT2D eigenvalue weighted by molar-refractivity contribution is 0.101. The summed E-state index contributed by atoms with van der Waals surface area (Å²) < 4.78 is 1.66. The van der Waals surface area contributed by atoms with Crippen molar-refractivity contribution in [3.05, 3.63) is 92.7 Å². The highest BCUT2D eigenvalue weighted by atomic mass is 35.5. The van der Waals surface area contributed by atoms with Crippen molar-refractivity contribution in [3.63, 3.8) is 0 Å². The average molecular weight is 472 g/mol. The average Bonchev–Trinajstić information content (AvgIpc) is 3.17. The van der Waals surface area contributed by atoms with E-state index in [4.69, 9.17) is 34.8 Å². The number of nitrogens with zero attached hydrogens (tertiary/aromatic N) is 3. The van der Waals surface area contributed by atoms with Crippen LogP contribution in [-0.2, 0) is 0 Å². The number of carbonyl (C=O) groups excluding carboxylic acids is 1. The van der Waals surface area contributed by atoms with Crippen molar-refractivity contribution in [2.75, 3.05) is 5.32 Å². The lowest BCUT2D eigenvalue weighted by Crippen LogP contribution is -2.14. The maximum Gasteiger partial charge on any atom is 0.295 e. The number of hydrogen-bond acceptors (Lipinski definition) is 3. The van der Waals surface area contributed by atoms with E-state index < -0.39 is 5.91 Å². The summed E-state index contributed by atoms with van der Waals surface area (Å²) in [5.74, 6) is 0.0157. The Morgan fingerprint density at radius 1 is 0.935 bits per heavy atom. The largest absolute Gasteiger partial charge is 0.318 e. The molecule has 156 valence electrons. The standard InChI is InChI=1S/C23H17Cl3N4O/c1-13-6-7-14(2)20(10-13)30-22(15-4-3-5-16(24)11-15)28-21(29-30)23(31)27-19-9-8-17(25)12-18(19)26/h3-12H,1-2H3,(H,27,31). The second-order valence-corrected chi connectivity index (χ2v) is 8.33. The Labute approximate surface area is 194 Å². The molecule has 5 nitrogen and oxygen atoms in total. The van der Waals surface area contributed by atoms with Gasteiger partial charge in [-0.15, -0.1) is 5.10 Å². The summed E-state index contributed by atoms with van der Waals surface area (Å²) in [6.45, 7) is 3.97. The number of hydrogen-bond donors (Lipinski definition) is 1. The molecule has 0 spiro atoms. The van der Waals surface area contributed by atoms with Crippen LogP contribution in [0.25, 0.3) is 17.1 Å². The van der Waals surface area contributed by atoms with E-state index in [9.17, 15) is 4.79 Å². The highest BCUT2D eigenvalue weighted by molar-refractivity contribution is 6.36. The zero-order chi connectivity index (χ0) is 22.1. The van der Waals surface area contributed by atoms with Crippen molar-refractivity contribution in [1.29, 1.82) is 0 Å². The Morgan fingerprint density at radius 2 is 1.71 bits per heavy atom. The molecule has 1 amide bonds. The van der Waals surface area contributed by atoms with Crippen molar-refractivity contribution in [1.82, 2.24) is 14.8 Å². The zero-order valence-corrected chi connectivity index (χ0v) is 18.9. The van der Waals surface area contributed by atoms with Crippen LogP contribution in [0.3, 0.4) is 0 Å². The first-order chi connectivity index (χ1) is 14.8. The minimum absolute atomic E-state index is 0.00176. The molecular weight excluding hydrogens is 455 g/mol. The fourth-order valence-corrected chi connectivity index (χ4v) is 3.75. The van der Waals surface area contributed by atoms with Crippen LogP contribution in [0.2, 0.25) is 15.1 Å². The van der Waals surface area contributed by atoms with Crippen LogP contribution in [0.5, 0.6) is 0 Å². The number of benzene rings is 3. The van der Waals surface area contributed by atoms with Crippen LogP contribution in [-0.4, -0.2) is 20.7 Å². The summed E-state index contributed by atoms with van der Waals surface area (Å²) in [6, 6.07) is 18.1. The molecule has 0 atom stereocenters. The van der Waals surface area contributed by atoms with E-state index in [1.807, 2.05) is 44.2 Å². The van der Waals surface area contributed by atoms with Crippen LogP contribution in [0, 0.1) is 13.8 Å². The van der Waals surface area contributed by atoms with Crippen LogP contribution in [0.4, 0.5) is 5.69 Å². The molecule has 0 saturated carbocycles. The number of carbonyl (C=O) groups is 1. The number of aromatic nitrogens is 3. The molecule has 0 aliphatic heterocycles. The van der Waals surface area contributed by atoms with E-state index in [1.165, 1.54) is 0 Å². The Kier molecular flexibility index (Phi) is 6.01. The molecule has 4 aromatic rings. The molecule has 0 saturated heterocycles. The minimum atomic E-state index is -0.489. The van der Waals surface area contributed by atoms with Crippen molar-refractivity contribution < 1.29 is 4.79 Å². The molecule has 0 aliphatic rings. The van der Waals surface area contributed by atoms with E-state index >= 15 is 0 Å². The van der Waals surface area contributed by atoms with Gasteiger partial charge in [-0.3, -0.25) is 4.79 Å². The SMILES string of the molecule is Cc1ccc(C)c(-n2nc(C(=O)Nc3ccc(Cl)cc3Cl)nc2-c2cccc(Cl)c2)c1. The number of halogens is 3. The molecule has 0 fully saturated rings. The number of anilines is 1. The summed E-state index contributed by atoms with van der Waals surface area (Å²) in [7, 11) is 0. The van der Waals surface area contributed by atoms with Gasteiger partial charge in [-0.25, -0.2) is 9.67 Å². The third-order valence-corrected chi connectivity index (χ3v) is 5.45. The number of nitrogens with one attached hydrogen (secondary N) is 1. The molecule has 31 heavy (non-hydrogen) atoms. The molecule has 0 aliphatic carbocycles. The van der Waals surface area contributed by atoms with Crippen molar-refractivity contribution >= 4 is 46.4 Å². The normalized spacial score (nSPS) is 10.9. The van der Waals surface area contributed by atoms with Gasteiger partial charge in [-0.05, 0) is 61.4 Å². The lowest BCUT2D eigenvalue weighted by Gasteiger charge is -2.10. The fraction of sp³-hybridized carbons (Fsp3) is 0.0870. The van der Waals surface area contributed by atoms with Gasteiger partial charge < -0.3 is 5.32 Å². The van der Waals surface area contributed by atoms with Gasteiger partial charge in [0.05, 0.1) is 16.4 Å². The number of amides is 1. The Hall–Kier alpha value is -2.86. The molecular formula is C23H17Cl3N4O. The van der Waals surface area contributed by atoms with Gasteiger partial charge >= 0.3 is 0 Å². The number of rotatable bonds is 4. The van der Waals surface area contributed by atoms with E-state index in [0.717, 1.165) is 22.4 Å². The van der Waals surface area contributed by atoms with Crippen molar-refractivity contribution in [2.45, 2.75) is 13.8 Å². The Balaban J connectivity index is 1.81. The second kappa shape index (κ2) is 8.71. The first-order valence-corrected chi connectivity index (χ1v) is 10.5. The van der Waals surface area contributed by atoms with Gasteiger partial charge in [0, 0.05) is 15.6 Å². The monoisotopic (exact) mass is 470 g/mol. The van der Waals surface area contributed by atoms with Gasteiger partial charge in [0.1, 0.15) is 0 Å². The van der Waals surface area contributed by atoms with E-state index in [1.54, 1.807) is 35.0 Å². The summed E-state index contributed by atoms with van der Waals surface area (Å²) in [4.78, 5) is 17.5. The molecule has 8 heteroatoms. The smallest absolute Gasteiger partial charge is 0.295 e. The highest BCUT2D eigenvalue weighted by Crippen LogP contribution is 2.28. The summed E-state index contributed by atoms with van der Waals surface area (Å²) >= 11 is 18.3. The van der Waals surface area contributed by atoms with E-state index in [2.05, 4.69) is 15.4 Å². The maximum atomic E-state index is 12.9. The quantitative estimate of drug-likeness (QED) is 0.357. The maximum absolute atomic E-state index is 12.9. The van der Waals surface area contributed by atoms with Crippen LogP contribution < -0.4 is 5.32 Å². The number of aryl methyl sites for hydroxylation is 2. The van der Waals surface area contributed by atoms with Crippen LogP contribution in [0.1, 0.15) is 21.7 Å². The Morgan fingerprint density at radius 3 is 2.45 bits per heavy atom. The predicted molar refractivity (Wildman–Crippen MR) is 126 cm³/mol. The zero-order valence-electron chi connectivity index (χ0n) is 16.7. The summed E-state index contributed by atoms with van der Waals surface area (Å²) in [5, 5.41) is 8.62. The molecule has 1 N–H and O–H groups in total. The summed E-state index contributed by atoms with van der Waals surface area (Å²) in [6.07, 6.45) is 0. The predicted octanol–water partition coefficient (Wildman–Crippen LogP) is 6.76. The van der Waals surface area contributed by atoms with Gasteiger partial charge in [0.15, 0.2) is 5.82 Å². The second-order valence-electron chi connectivity index (χ2n) is 7.05. The third-order valence-electron chi connectivity index (χ3n) is 4.67. The van der Waals surface area contributed by atoms with Crippen molar-refractivity contribution in [2.24, 2.45) is 0 Å². The topological polar surface area (TPSA) is 59.8 Å². The van der Waals surface area contributed by atoms with Gasteiger partial charge in [-0.1, -0.05) is 59.1 Å². The molecule has 4 rings (SSSR count). The summed E-state index contributed by atoms with van der Waals surface area (Å²) in [5.41, 5.74) is 4.04. The highest BCUT2D eigenvalue weighted by Gasteiger charge is 2.21. The molecule has 0 radical (unpaired) electrons.